The molecule has 1 amide bonds. The van der Waals surface area contributed by atoms with Gasteiger partial charge in [0.1, 0.15) is 6.33 Å². The van der Waals surface area contributed by atoms with Crippen molar-refractivity contribution in [2.24, 2.45) is 0 Å². The fraction of sp³-hybridized carbons (Fsp3) is 0.417. The van der Waals surface area contributed by atoms with Crippen LogP contribution in [0.15, 0.2) is 18.7 Å². The van der Waals surface area contributed by atoms with Gasteiger partial charge in [-0.15, -0.1) is 0 Å². The Hall–Kier alpha value is -2.71. The van der Waals surface area contributed by atoms with Gasteiger partial charge in [-0.25, -0.2) is 4.98 Å². The Balaban J connectivity index is 1.96. The molecule has 0 unspecified atom stereocenters. The molecule has 1 saturated heterocycles. The summed E-state index contributed by atoms with van der Waals surface area (Å²) >= 11 is 0. The van der Waals surface area contributed by atoms with Crippen LogP contribution in [-0.4, -0.2) is 56.6 Å². The molecular weight excluding hydrogens is 272 g/mol. The highest BCUT2D eigenvalue weighted by molar-refractivity contribution is 5.82. The summed E-state index contributed by atoms with van der Waals surface area (Å²) in [6.07, 6.45) is 5.04. The average molecular weight is 288 g/mol. The Morgan fingerprint density at radius 3 is 2.90 bits per heavy atom. The molecular formula is C12H16N8O. The van der Waals surface area contributed by atoms with Gasteiger partial charge in [-0.2, -0.15) is 15.0 Å². The van der Waals surface area contributed by atoms with Gasteiger partial charge in [-0.1, -0.05) is 0 Å². The minimum Gasteiger partial charge on any atom is -0.354 e. The number of carbonyl (C=O) groups excluding carboxylic acids is 1. The van der Waals surface area contributed by atoms with Crippen molar-refractivity contribution in [2.75, 3.05) is 36.4 Å². The lowest BCUT2D eigenvalue weighted by atomic mass is 10.4. The number of anilines is 2. The molecule has 0 saturated carbocycles. The molecule has 1 aliphatic heterocycles. The van der Waals surface area contributed by atoms with E-state index < -0.39 is 0 Å². The summed E-state index contributed by atoms with van der Waals surface area (Å²) in [5.41, 5.74) is 0. The fourth-order valence-electron chi connectivity index (χ4n) is 2.03. The first-order valence-corrected chi connectivity index (χ1v) is 6.76. The van der Waals surface area contributed by atoms with E-state index in [-0.39, 0.29) is 12.5 Å². The Labute approximate surface area is 121 Å². The van der Waals surface area contributed by atoms with Crippen LogP contribution in [0.25, 0.3) is 5.95 Å². The molecule has 110 valence electrons. The summed E-state index contributed by atoms with van der Waals surface area (Å²) in [4.78, 5) is 30.5. The molecule has 3 heterocycles. The first-order valence-electron chi connectivity index (χ1n) is 6.76. The fourth-order valence-corrected chi connectivity index (χ4v) is 2.03. The maximum absolute atomic E-state index is 11.5. The first kappa shape index (κ1) is 13.3. The average Bonchev–Trinajstić information content (AvgIpc) is 3.01. The summed E-state index contributed by atoms with van der Waals surface area (Å²) in [7, 11) is 0. The van der Waals surface area contributed by atoms with E-state index in [9.17, 15) is 4.79 Å². The molecule has 21 heavy (non-hydrogen) atoms. The van der Waals surface area contributed by atoms with E-state index in [1.165, 1.54) is 0 Å². The van der Waals surface area contributed by atoms with Crippen molar-refractivity contribution < 1.29 is 4.79 Å². The lowest BCUT2D eigenvalue weighted by Gasteiger charge is -2.26. The molecule has 0 aromatic carbocycles. The summed E-state index contributed by atoms with van der Waals surface area (Å²) in [6, 6.07) is 0. The van der Waals surface area contributed by atoms with Gasteiger partial charge >= 0.3 is 0 Å². The predicted molar refractivity (Wildman–Crippen MR) is 76.3 cm³/mol. The number of rotatable bonds is 4. The molecule has 0 aliphatic carbocycles. The topological polar surface area (TPSA) is 101 Å². The molecule has 0 atom stereocenters. The van der Waals surface area contributed by atoms with Crippen LogP contribution >= 0.6 is 0 Å². The summed E-state index contributed by atoms with van der Waals surface area (Å²) < 4.78 is 1.70. The molecule has 9 heteroatoms. The number of amides is 1. The number of carbonyl (C=O) groups is 1. The minimum absolute atomic E-state index is 0.0316. The second-order valence-corrected chi connectivity index (χ2v) is 4.53. The molecule has 1 aliphatic rings. The van der Waals surface area contributed by atoms with Gasteiger partial charge in [0.15, 0.2) is 0 Å². The Kier molecular flexibility index (Phi) is 3.63. The van der Waals surface area contributed by atoms with Crippen LogP contribution in [0.2, 0.25) is 0 Å². The second kappa shape index (κ2) is 5.73. The third-order valence-electron chi connectivity index (χ3n) is 3.00. The van der Waals surface area contributed by atoms with E-state index in [2.05, 4.69) is 30.6 Å². The number of nitrogens with zero attached hydrogens (tertiary/aromatic N) is 6. The van der Waals surface area contributed by atoms with Gasteiger partial charge in [0.05, 0.1) is 6.54 Å². The normalized spacial score (nSPS) is 14.9. The van der Waals surface area contributed by atoms with Gasteiger partial charge in [0.2, 0.25) is 23.8 Å². The van der Waals surface area contributed by atoms with Crippen molar-refractivity contribution in [2.45, 2.75) is 6.92 Å². The van der Waals surface area contributed by atoms with Crippen molar-refractivity contribution >= 4 is 17.8 Å². The van der Waals surface area contributed by atoms with Crippen LogP contribution in [0.5, 0.6) is 0 Å². The molecule has 0 spiro atoms. The van der Waals surface area contributed by atoms with Crippen molar-refractivity contribution in [1.29, 1.82) is 0 Å². The van der Waals surface area contributed by atoms with Crippen LogP contribution in [-0.2, 0) is 4.79 Å². The number of imidazole rings is 1. The van der Waals surface area contributed by atoms with Crippen LogP contribution in [0.4, 0.5) is 11.9 Å². The monoisotopic (exact) mass is 288 g/mol. The predicted octanol–water partition coefficient (Wildman–Crippen LogP) is -0.575. The van der Waals surface area contributed by atoms with Gasteiger partial charge in [-0.05, 0) is 6.92 Å². The first-order chi connectivity index (χ1) is 10.3. The smallest absolute Gasteiger partial charge is 0.241 e. The molecule has 2 aromatic heterocycles. The zero-order valence-corrected chi connectivity index (χ0v) is 11.7. The summed E-state index contributed by atoms with van der Waals surface area (Å²) in [6.45, 7) is 4.17. The molecule has 9 nitrogen and oxygen atoms in total. The minimum atomic E-state index is -0.0316. The molecule has 1 fully saturated rings. The van der Waals surface area contributed by atoms with E-state index in [1.807, 2.05) is 11.8 Å². The van der Waals surface area contributed by atoms with Crippen LogP contribution in [0.1, 0.15) is 6.92 Å². The van der Waals surface area contributed by atoms with E-state index in [0.29, 0.717) is 37.5 Å². The van der Waals surface area contributed by atoms with E-state index in [0.717, 1.165) is 0 Å². The molecule has 2 aromatic rings. The summed E-state index contributed by atoms with van der Waals surface area (Å²) in [5.74, 6) is 1.41. The zero-order valence-electron chi connectivity index (χ0n) is 11.7. The number of nitrogens with one attached hydrogen (secondary N) is 2. The van der Waals surface area contributed by atoms with E-state index >= 15 is 0 Å². The lowest BCUT2D eigenvalue weighted by Crippen LogP contribution is -2.48. The SMILES string of the molecule is CCNc1nc(N2CCNC(=O)C2)nc(-n2ccnc2)n1. The quantitative estimate of drug-likeness (QED) is 0.776. The number of aromatic nitrogens is 5. The molecule has 2 N–H and O–H groups in total. The maximum Gasteiger partial charge on any atom is 0.241 e. The van der Waals surface area contributed by atoms with Gasteiger partial charge < -0.3 is 15.5 Å². The van der Waals surface area contributed by atoms with Crippen molar-refractivity contribution in [1.82, 2.24) is 29.8 Å². The number of hydrogen-bond acceptors (Lipinski definition) is 7. The Bertz CT molecular complexity index is 626. The molecule has 0 bridgehead atoms. The summed E-state index contributed by atoms with van der Waals surface area (Å²) in [5, 5.41) is 5.86. The van der Waals surface area contributed by atoms with Crippen LogP contribution < -0.4 is 15.5 Å². The Morgan fingerprint density at radius 2 is 2.19 bits per heavy atom. The van der Waals surface area contributed by atoms with Crippen molar-refractivity contribution in [3.05, 3.63) is 18.7 Å². The van der Waals surface area contributed by atoms with Gasteiger partial charge in [0.25, 0.3) is 0 Å². The number of hydrogen-bond donors (Lipinski definition) is 2. The highest BCUT2D eigenvalue weighted by atomic mass is 16.2. The standard InChI is InChI=1S/C12H16N8O/c1-2-14-10-16-11(19-6-4-15-9(21)7-19)18-12(17-10)20-5-3-13-8-20/h3,5,8H,2,4,6-7H2,1H3,(H,15,21)(H,14,16,17,18). The van der Waals surface area contributed by atoms with Crippen LogP contribution in [0.3, 0.4) is 0 Å². The lowest BCUT2D eigenvalue weighted by molar-refractivity contribution is -0.120. The molecule has 3 rings (SSSR count). The third kappa shape index (κ3) is 2.91. The highest BCUT2D eigenvalue weighted by Gasteiger charge is 2.20. The second-order valence-electron chi connectivity index (χ2n) is 4.53. The van der Waals surface area contributed by atoms with Crippen LogP contribution in [0, 0.1) is 0 Å². The third-order valence-corrected chi connectivity index (χ3v) is 3.00. The van der Waals surface area contributed by atoms with Crippen molar-refractivity contribution in [3.63, 3.8) is 0 Å². The van der Waals surface area contributed by atoms with Crippen molar-refractivity contribution in [3.8, 4) is 5.95 Å². The highest BCUT2D eigenvalue weighted by Crippen LogP contribution is 2.14. The number of piperazine rings is 1. The van der Waals surface area contributed by atoms with E-state index in [1.54, 1.807) is 23.3 Å². The maximum atomic E-state index is 11.5. The van der Waals surface area contributed by atoms with Gasteiger partial charge in [-0.3, -0.25) is 9.36 Å². The largest absolute Gasteiger partial charge is 0.354 e. The Morgan fingerprint density at radius 1 is 1.33 bits per heavy atom. The van der Waals surface area contributed by atoms with Gasteiger partial charge in [0, 0.05) is 32.0 Å². The zero-order chi connectivity index (χ0) is 14.7. The molecule has 0 radical (unpaired) electrons. The van der Waals surface area contributed by atoms with E-state index in [4.69, 9.17) is 0 Å².